The zero-order valence-electron chi connectivity index (χ0n) is 17.1. The van der Waals surface area contributed by atoms with Crippen LogP contribution in [0.25, 0.3) is 0 Å². The maximum atomic E-state index is 13.4. The molecule has 4 nitrogen and oxygen atoms in total. The minimum atomic E-state index is -0.184. The Morgan fingerprint density at radius 3 is 2.00 bits per heavy atom. The number of anilines is 1. The molecule has 31 heavy (non-hydrogen) atoms. The molecule has 4 heteroatoms. The fourth-order valence-corrected chi connectivity index (χ4v) is 6.09. The van der Waals surface area contributed by atoms with Crippen LogP contribution in [0.1, 0.15) is 24.3 Å². The van der Waals surface area contributed by atoms with Crippen LogP contribution < -0.4 is 9.64 Å². The normalized spacial score (nSPS) is 28.8. The lowest BCUT2D eigenvalue weighted by Gasteiger charge is -2.28. The molecule has 0 aromatic heterocycles. The third-order valence-electron chi connectivity index (χ3n) is 7.32. The minimum Gasteiger partial charge on any atom is -0.457 e. The van der Waals surface area contributed by atoms with Gasteiger partial charge in [0.2, 0.25) is 11.8 Å². The summed E-state index contributed by atoms with van der Waals surface area (Å²) in [6, 6.07) is 27.3. The van der Waals surface area contributed by atoms with E-state index in [1.165, 1.54) is 10.5 Å². The van der Waals surface area contributed by atoms with Crippen LogP contribution in [0.4, 0.5) is 5.69 Å². The zero-order valence-corrected chi connectivity index (χ0v) is 17.1. The van der Waals surface area contributed by atoms with Crippen molar-refractivity contribution in [2.75, 3.05) is 4.90 Å². The second-order valence-electron chi connectivity index (χ2n) is 8.88. The SMILES string of the molecule is O=C1C2C3CC(c4ccccc4)C(C3)C2C(=O)N1c1ccc(Oc2ccccc2)cc1. The quantitative estimate of drug-likeness (QED) is 0.542. The molecule has 3 aliphatic rings. The van der Waals surface area contributed by atoms with Crippen LogP contribution >= 0.6 is 0 Å². The van der Waals surface area contributed by atoms with Crippen molar-refractivity contribution in [3.8, 4) is 11.5 Å². The number of ether oxygens (including phenoxy) is 1. The number of nitrogens with zero attached hydrogens (tertiary/aromatic N) is 1. The molecule has 3 aromatic carbocycles. The molecule has 1 heterocycles. The summed E-state index contributed by atoms with van der Waals surface area (Å²) >= 11 is 0. The Morgan fingerprint density at radius 1 is 0.677 bits per heavy atom. The number of carbonyl (C=O) groups excluding carboxylic acids is 2. The first kappa shape index (κ1) is 18.4. The van der Waals surface area contributed by atoms with Crippen molar-refractivity contribution in [1.29, 1.82) is 0 Å². The van der Waals surface area contributed by atoms with Gasteiger partial charge in [-0.2, -0.15) is 0 Å². The van der Waals surface area contributed by atoms with E-state index in [4.69, 9.17) is 4.74 Å². The van der Waals surface area contributed by atoms with Crippen molar-refractivity contribution in [3.05, 3.63) is 90.5 Å². The molecule has 0 N–H and O–H groups in total. The molecule has 2 aliphatic carbocycles. The first-order valence-electron chi connectivity index (χ1n) is 11.0. The molecule has 1 aliphatic heterocycles. The molecule has 2 amide bonds. The lowest BCUT2D eigenvalue weighted by Crippen LogP contribution is -2.32. The van der Waals surface area contributed by atoms with Gasteiger partial charge in [0.25, 0.3) is 0 Å². The Kier molecular flexibility index (Phi) is 4.20. The van der Waals surface area contributed by atoms with Crippen LogP contribution in [0.2, 0.25) is 0 Å². The van der Waals surface area contributed by atoms with Gasteiger partial charge >= 0.3 is 0 Å². The van der Waals surface area contributed by atoms with Gasteiger partial charge in [-0.15, -0.1) is 0 Å². The lowest BCUT2D eigenvalue weighted by molar-refractivity contribution is -0.123. The molecular weight excluding hydrogens is 386 g/mol. The van der Waals surface area contributed by atoms with Crippen molar-refractivity contribution in [3.63, 3.8) is 0 Å². The highest BCUT2D eigenvalue weighted by Crippen LogP contribution is 2.61. The van der Waals surface area contributed by atoms with Gasteiger partial charge in [0, 0.05) is 0 Å². The van der Waals surface area contributed by atoms with E-state index in [2.05, 4.69) is 24.3 Å². The largest absolute Gasteiger partial charge is 0.457 e. The van der Waals surface area contributed by atoms with Crippen molar-refractivity contribution in [2.45, 2.75) is 18.8 Å². The Morgan fingerprint density at radius 2 is 1.29 bits per heavy atom. The summed E-state index contributed by atoms with van der Waals surface area (Å²) in [4.78, 5) is 28.1. The summed E-state index contributed by atoms with van der Waals surface area (Å²) in [5.74, 6) is 1.99. The van der Waals surface area contributed by atoms with Gasteiger partial charge in [0.05, 0.1) is 17.5 Å². The van der Waals surface area contributed by atoms with Gasteiger partial charge in [-0.1, -0.05) is 48.5 Å². The summed E-state index contributed by atoms with van der Waals surface area (Å²) in [7, 11) is 0. The van der Waals surface area contributed by atoms with Gasteiger partial charge in [-0.3, -0.25) is 14.5 Å². The Bertz CT molecular complexity index is 1130. The van der Waals surface area contributed by atoms with E-state index in [1.807, 2.05) is 60.7 Å². The van der Waals surface area contributed by atoms with E-state index >= 15 is 0 Å². The average molecular weight is 409 g/mol. The number of carbonyl (C=O) groups is 2. The van der Waals surface area contributed by atoms with Crippen LogP contribution in [-0.4, -0.2) is 11.8 Å². The van der Waals surface area contributed by atoms with Crippen molar-refractivity contribution < 1.29 is 14.3 Å². The van der Waals surface area contributed by atoms with Crippen molar-refractivity contribution >= 4 is 17.5 Å². The summed E-state index contributed by atoms with van der Waals surface area (Å²) < 4.78 is 5.84. The third kappa shape index (κ3) is 2.89. The predicted molar refractivity (Wildman–Crippen MR) is 118 cm³/mol. The maximum absolute atomic E-state index is 13.4. The molecule has 2 saturated carbocycles. The summed E-state index contributed by atoms with van der Waals surface area (Å²) in [6.07, 6.45) is 2.00. The van der Waals surface area contributed by atoms with E-state index < -0.39 is 0 Å². The van der Waals surface area contributed by atoms with Gasteiger partial charge in [0.1, 0.15) is 11.5 Å². The van der Waals surface area contributed by atoms with Gasteiger partial charge in [0.15, 0.2) is 0 Å². The molecule has 2 bridgehead atoms. The molecule has 3 fully saturated rings. The zero-order chi connectivity index (χ0) is 20.9. The fourth-order valence-electron chi connectivity index (χ4n) is 6.09. The highest BCUT2D eigenvalue weighted by atomic mass is 16.5. The summed E-state index contributed by atoms with van der Waals surface area (Å²) in [6.45, 7) is 0. The minimum absolute atomic E-state index is 0.0225. The Hall–Kier alpha value is -3.40. The Labute approximate surface area is 181 Å². The van der Waals surface area contributed by atoms with Crippen LogP contribution in [-0.2, 0) is 9.59 Å². The van der Waals surface area contributed by atoms with Gasteiger partial charge in [-0.05, 0) is 72.6 Å². The highest BCUT2D eigenvalue weighted by Gasteiger charge is 2.64. The predicted octanol–water partition coefficient (Wildman–Crippen LogP) is 5.41. The van der Waals surface area contributed by atoms with E-state index in [0.717, 1.165) is 18.6 Å². The molecule has 6 rings (SSSR count). The molecule has 0 radical (unpaired) electrons. The fraction of sp³-hybridized carbons (Fsp3) is 0.259. The smallest absolute Gasteiger partial charge is 0.237 e. The second-order valence-corrected chi connectivity index (χ2v) is 8.88. The van der Waals surface area contributed by atoms with Crippen LogP contribution in [0.3, 0.4) is 0 Å². The number of hydrogen-bond donors (Lipinski definition) is 0. The molecular formula is C27H23NO3. The number of fused-ring (bicyclic) bond motifs is 5. The standard InChI is InChI=1S/C27H23NO3/c29-26-24-18-15-22(17-7-3-1-4-8-17)23(16-18)25(24)27(30)28(26)19-11-13-21(14-12-19)31-20-9-5-2-6-10-20/h1-14,18,22-25H,15-16H2. The monoisotopic (exact) mass is 409 g/mol. The number of benzene rings is 3. The van der Waals surface area contributed by atoms with E-state index in [-0.39, 0.29) is 29.6 Å². The second kappa shape index (κ2) is 7.09. The molecule has 5 atom stereocenters. The molecule has 0 spiro atoms. The number of hydrogen-bond acceptors (Lipinski definition) is 3. The van der Waals surface area contributed by atoms with E-state index in [9.17, 15) is 9.59 Å². The van der Waals surface area contributed by atoms with Gasteiger partial charge < -0.3 is 4.74 Å². The van der Waals surface area contributed by atoms with Gasteiger partial charge in [-0.25, -0.2) is 0 Å². The van der Waals surface area contributed by atoms with Crippen LogP contribution in [0.15, 0.2) is 84.9 Å². The number of para-hydroxylation sites is 1. The average Bonchev–Trinajstić information content (AvgIpc) is 3.47. The van der Waals surface area contributed by atoms with Crippen molar-refractivity contribution in [1.82, 2.24) is 0 Å². The molecule has 1 saturated heterocycles. The molecule has 3 aromatic rings. The molecule has 5 unspecified atom stereocenters. The first-order chi connectivity index (χ1) is 15.2. The summed E-state index contributed by atoms with van der Waals surface area (Å²) in [5.41, 5.74) is 1.94. The highest BCUT2D eigenvalue weighted by molar-refractivity contribution is 6.22. The topological polar surface area (TPSA) is 46.6 Å². The van der Waals surface area contributed by atoms with E-state index in [1.54, 1.807) is 0 Å². The summed E-state index contributed by atoms with van der Waals surface area (Å²) in [5, 5.41) is 0. The van der Waals surface area contributed by atoms with Crippen LogP contribution in [0, 0.1) is 23.7 Å². The van der Waals surface area contributed by atoms with E-state index in [0.29, 0.717) is 23.3 Å². The number of imide groups is 1. The lowest BCUT2D eigenvalue weighted by atomic mass is 9.73. The maximum Gasteiger partial charge on any atom is 0.237 e. The first-order valence-corrected chi connectivity index (χ1v) is 11.0. The van der Waals surface area contributed by atoms with Crippen molar-refractivity contribution in [2.24, 2.45) is 23.7 Å². The van der Waals surface area contributed by atoms with Crippen LogP contribution in [0.5, 0.6) is 11.5 Å². The third-order valence-corrected chi connectivity index (χ3v) is 7.32. The number of amides is 2. The number of rotatable bonds is 4. The Balaban J connectivity index is 1.24. The molecule has 154 valence electrons.